The third kappa shape index (κ3) is 7.11. The van der Waals surface area contributed by atoms with E-state index in [-0.39, 0.29) is 11.9 Å². The number of amides is 1. The highest BCUT2D eigenvalue weighted by molar-refractivity contribution is 5.76. The molecule has 2 aromatic rings. The van der Waals surface area contributed by atoms with Crippen molar-refractivity contribution in [1.82, 2.24) is 10.2 Å². The van der Waals surface area contributed by atoms with Gasteiger partial charge >= 0.3 is 0 Å². The minimum absolute atomic E-state index is 0.0270. The molecule has 1 unspecified atom stereocenters. The first kappa shape index (κ1) is 23.4. The highest BCUT2D eigenvalue weighted by atomic mass is 16.6. The summed E-state index contributed by atoms with van der Waals surface area (Å²) in [5, 5.41) is 3.28. The van der Waals surface area contributed by atoms with E-state index in [2.05, 4.69) is 28.4 Å². The molecule has 178 valence electrons. The molecule has 1 saturated heterocycles. The van der Waals surface area contributed by atoms with Crippen molar-refractivity contribution >= 4 is 5.91 Å². The van der Waals surface area contributed by atoms with Crippen molar-refractivity contribution in [3.05, 3.63) is 53.6 Å². The summed E-state index contributed by atoms with van der Waals surface area (Å²) in [7, 11) is 1.66. The van der Waals surface area contributed by atoms with Crippen LogP contribution in [0.25, 0.3) is 0 Å². The van der Waals surface area contributed by atoms with Gasteiger partial charge in [0.2, 0.25) is 5.91 Å². The third-order valence-corrected chi connectivity index (χ3v) is 6.06. The van der Waals surface area contributed by atoms with Crippen LogP contribution in [0.2, 0.25) is 0 Å². The van der Waals surface area contributed by atoms with Crippen LogP contribution < -0.4 is 19.5 Å². The first-order chi connectivity index (χ1) is 16.2. The smallest absolute Gasteiger partial charge is 0.220 e. The third-order valence-electron chi connectivity index (χ3n) is 6.06. The molecular formula is C26H34N2O5. The van der Waals surface area contributed by atoms with Gasteiger partial charge in [0.05, 0.1) is 20.3 Å². The SMILES string of the molecule is COc1ccc(CCCC(=O)NC(Cc2ccc3c(c2)OCCO3)CN2CCOCC2)cc1. The number of benzene rings is 2. The van der Waals surface area contributed by atoms with E-state index in [9.17, 15) is 4.79 Å². The van der Waals surface area contributed by atoms with Crippen molar-refractivity contribution < 1.29 is 23.7 Å². The molecule has 2 aliphatic heterocycles. The molecule has 1 amide bonds. The molecule has 1 atom stereocenters. The van der Waals surface area contributed by atoms with E-state index in [0.717, 1.165) is 74.9 Å². The molecule has 4 rings (SSSR count). The van der Waals surface area contributed by atoms with Gasteiger partial charge in [-0.1, -0.05) is 18.2 Å². The number of nitrogens with zero attached hydrogens (tertiary/aromatic N) is 1. The van der Waals surface area contributed by atoms with Gasteiger partial charge < -0.3 is 24.3 Å². The number of methoxy groups -OCH3 is 1. The van der Waals surface area contributed by atoms with E-state index < -0.39 is 0 Å². The topological polar surface area (TPSA) is 69.3 Å². The van der Waals surface area contributed by atoms with Crippen LogP contribution in [0, 0.1) is 0 Å². The van der Waals surface area contributed by atoms with E-state index >= 15 is 0 Å². The second-order valence-corrected chi connectivity index (χ2v) is 8.56. The van der Waals surface area contributed by atoms with Gasteiger partial charge in [-0.3, -0.25) is 9.69 Å². The van der Waals surface area contributed by atoms with Gasteiger partial charge in [0.15, 0.2) is 11.5 Å². The van der Waals surface area contributed by atoms with Crippen LogP contribution in [0.15, 0.2) is 42.5 Å². The zero-order valence-electron chi connectivity index (χ0n) is 19.4. The quantitative estimate of drug-likeness (QED) is 0.596. The molecule has 2 aliphatic rings. The highest BCUT2D eigenvalue weighted by Crippen LogP contribution is 2.31. The van der Waals surface area contributed by atoms with Crippen molar-refractivity contribution in [2.45, 2.75) is 31.7 Å². The average molecular weight is 455 g/mol. The summed E-state index contributed by atoms with van der Waals surface area (Å²) in [5.41, 5.74) is 2.35. The summed E-state index contributed by atoms with van der Waals surface area (Å²) in [4.78, 5) is 15.2. The molecule has 1 N–H and O–H groups in total. The number of ether oxygens (including phenoxy) is 4. The summed E-state index contributed by atoms with van der Waals surface area (Å²) < 4.78 is 22.1. The zero-order chi connectivity index (χ0) is 22.9. The Bertz CT molecular complexity index is 896. The Hall–Kier alpha value is -2.77. The van der Waals surface area contributed by atoms with E-state index in [4.69, 9.17) is 18.9 Å². The van der Waals surface area contributed by atoms with Crippen LogP contribution >= 0.6 is 0 Å². The Labute approximate surface area is 196 Å². The van der Waals surface area contributed by atoms with E-state index in [0.29, 0.717) is 19.6 Å². The number of rotatable bonds is 10. The van der Waals surface area contributed by atoms with Gasteiger partial charge in [0.25, 0.3) is 0 Å². The van der Waals surface area contributed by atoms with Crippen LogP contribution in [0.1, 0.15) is 24.0 Å². The summed E-state index contributed by atoms with van der Waals surface area (Å²) in [6.07, 6.45) is 2.94. The first-order valence-electron chi connectivity index (χ1n) is 11.8. The lowest BCUT2D eigenvalue weighted by atomic mass is 10.0. The molecule has 0 aromatic heterocycles. The molecule has 7 heteroatoms. The van der Waals surface area contributed by atoms with Crippen molar-refractivity contribution in [2.75, 3.05) is 53.2 Å². The van der Waals surface area contributed by atoms with E-state index in [1.165, 1.54) is 5.56 Å². The lowest BCUT2D eigenvalue weighted by Gasteiger charge is -2.31. The fourth-order valence-electron chi connectivity index (χ4n) is 4.30. The summed E-state index contributed by atoms with van der Waals surface area (Å²) >= 11 is 0. The van der Waals surface area contributed by atoms with Gasteiger partial charge in [-0.25, -0.2) is 0 Å². The zero-order valence-corrected chi connectivity index (χ0v) is 19.4. The first-order valence-corrected chi connectivity index (χ1v) is 11.8. The minimum Gasteiger partial charge on any atom is -0.497 e. The molecule has 7 nitrogen and oxygen atoms in total. The summed E-state index contributed by atoms with van der Waals surface area (Å²) in [6, 6.07) is 14.1. The number of fused-ring (bicyclic) bond motifs is 1. The normalized spacial score (nSPS) is 16.8. The second-order valence-electron chi connectivity index (χ2n) is 8.56. The van der Waals surface area contributed by atoms with Crippen molar-refractivity contribution in [2.24, 2.45) is 0 Å². The van der Waals surface area contributed by atoms with Gasteiger partial charge in [0.1, 0.15) is 19.0 Å². The van der Waals surface area contributed by atoms with Gasteiger partial charge in [-0.15, -0.1) is 0 Å². The number of nitrogens with one attached hydrogen (secondary N) is 1. The molecule has 0 bridgehead atoms. The Kier molecular flexibility index (Phi) is 8.44. The maximum absolute atomic E-state index is 12.8. The maximum Gasteiger partial charge on any atom is 0.220 e. The van der Waals surface area contributed by atoms with Crippen LogP contribution in [-0.2, 0) is 22.4 Å². The number of morpholine rings is 1. The molecular weight excluding hydrogens is 420 g/mol. The Morgan fingerprint density at radius 1 is 1.00 bits per heavy atom. The molecule has 33 heavy (non-hydrogen) atoms. The van der Waals surface area contributed by atoms with Crippen LogP contribution in [0.3, 0.4) is 0 Å². The number of hydrogen-bond acceptors (Lipinski definition) is 6. The number of hydrogen-bond donors (Lipinski definition) is 1. The Balaban J connectivity index is 1.32. The maximum atomic E-state index is 12.8. The number of carbonyl (C=O) groups is 1. The fraction of sp³-hybridized carbons (Fsp3) is 0.500. The lowest BCUT2D eigenvalue weighted by molar-refractivity contribution is -0.122. The average Bonchev–Trinajstić information content (AvgIpc) is 2.85. The summed E-state index contributed by atoms with van der Waals surface area (Å²) in [5.74, 6) is 2.52. The van der Waals surface area contributed by atoms with E-state index in [1.807, 2.05) is 24.3 Å². The number of aryl methyl sites for hydroxylation is 1. The lowest BCUT2D eigenvalue weighted by Crippen LogP contribution is -2.48. The minimum atomic E-state index is 0.0270. The predicted molar refractivity (Wildman–Crippen MR) is 126 cm³/mol. The van der Waals surface area contributed by atoms with Crippen LogP contribution in [-0.4, -0.2) is 70.0 Å². The van der Waals surface area contributed by atoms with Gasteiger partial charge in [-0.05, 0) is 54.7 Å². The largest absolute Gasteiger partial charge is 0.497 e. The summed E-state index contributed by atoms with van der Waals surface area (Å²) in [6.45, 7) is 5.23. The monoisotopic (exact) mass is 454 g/mol. The number of carbonyl (C=O) groups excluding carboxylic acids is 1. The predicted octanol–water partition coefficient (Wildman–Crippen LogP) is 2.85. The van der Waals surface area contributed by atoms with Crippen molar-refractivity contribution in [3.63, 3.8) is 0 Å². The molecule has 1 fully saturated rings. The second kappa shape index (κ2) is 11.9. The van der Waals surface area contributed by atoms with Gasteiger partial charge in [-0.2, -0.15) is 0 Å². The van der Waals surface area contributed by atoms with Gasteiger partial charge in [0, 0.05) is 32.1 Å². The standard InChI is InChI=1S/C26H34N2O5/c1-30-23-8-5-20(6-9-23)3-2-4-26(29)27-22(19-28-11-13-31-14-12-28)17-21-7-10-24-25(18-21)33-16-15-32-24/h5-10,18,22H,2-4,11-17,19H2,1H3,(H,27,29). The molecule has 2 heterocycles. The van der Waals surface area contributed by atoms with Crippen LogP contribution in [0.5, 0.6) is 17.2 Å². The Morgan fingerprint density at radius 3 is 2.48 bits per heavy atom. The van der Waals surface area contributed by atoms with E-state index in [1.54, 1.807) is 7.11 Å². The highest BCUT2D eigenvalue weighted by Gasteiger charge is 2.20. The van der Waals surface area contributed by atoms with Crippen molar-refractivity contribution in [1.29, 1.82) is 0 Å². The Morgan fingerprint density at radius 2 is 1.73 bits per heavy atom. The molecule has 0 spiro atoms. The molecule has 0 aliphatic carbocycles. The molecule has 2 aromatic carbocycles. The van der Waals surface area contributed by atoms with Crippen molar-refractivity contribution in [3.8, 4) is 17.2 Å². The molecule has 0 saturated carbocycles. The fourth-order valence-corrected chi connectivity index (χ4v) is 4.30. The van der Waals surface area contributed by atoms with Crippen LogP contribution in [0.4, 0.5) is 0 Å². The molecule has 0 radical (unpaired) electrons.